The fraction of sp³-hybridized carbons (Fsp3) is 0.500. The van der Waals surface area contributed by atoms with Crippen LogP contribution in [0.25, 0.3) is 0 Å². The van der Waals surface area contributed by atoms with Crippen molar-refractivity contribution in [2.45, 2.75) is 37.3 Å². The lowest BCUT2D eigenvalue weighted by molar-refractivity contribution is -0.138. The molecule has 0 saturated heterocycles. The number of benzene rings is 1. The van der Waals surface area contributed by atoms with Crippen molar-refractivity contribution < 1.29 is 18.0 Å². The Morgan fingerprint density at radius 3 is 2.26 bits per heavy atom. The van der Waals surface area contributed by atoms with E-state index in [1.54, 1.807) is 12.1 Å². The first kappa shape index (κ1) is 14.4. The molecular weight excluding hydrogens is 273 g/mol. The Morgan fingerprint density at radius 2 is 1.84 bits per heavy atom. The van der Waals surface area contributed by atoms with Crippen molar-refractivity contribution in [3.05, 3.63) is 29.8 Å². The summed E-state index contributed by atoms with van der Waals surface area (Å²) >= 11 is 0.782. The van der Waals surface area contributed by atoms with Crippen molar-refractivity contribution in [1.82, 2.24) is 0 Å². The fourth-order valence-electron chi connectivity index (χ4n) is 2.26. The van der Waals surface area contributed by atoms with Crippen LogP contribution in [0.2, 0.25) is 0 Å². The minimum Gasteiger partial charge on any atom is -0.299 e. The van der Waals surface area contributed by atoms with Crippen LogP contribution >= 0.6 is 11.8 Å². The average Bonchev–Trinajstić information content (AvgIpc) is 2.33. The topological polar surface area (TPSA) is 17.1 Å². The Kier molecular flexibility index (Phi) is 3.69. The van der Waals surface area contributed by atoms with Crippen LogP contribution in [0.3, 0.4) is 0 Å². The largest absolute Gasteiger partial charge is 0.398 e. The van der Waals surface area contributed by atoms with E-state index in [-0.39, 0.29) is 17.1 Å². The molecule has 1 aliphatic carbocycles. The molecule has 0 N–H and O–H groups in total. The first-order valence-electron chi connectivity index (χ1n) is 6.03. The van der Waals surface area contributed by atoms with Gasteiger partial charge in [0.15, 0.2) is 0 Å². The lowest BCUT2D eigenvalue weighted by atomic mass is 9.59. The highest BCUT2D eigenvalue weighted by molar-refractivity contribution is 7.99. The molecule has 2 rings (SSSR count). The Bertz CT molecular complexity index is 476. The summed E-state index contributed by atoms with van der Waals surface area (Å²) < 4.78 is 36.3. The summed E-state index contributed by atoms with van der Waals surface area (Å²) in [5.74, 6) is -0.450. The quantitative estimate of drug-likeness (QED) is 0.766. The van der Waals surface area contributed by atoms with E-state index in [1.807, 2.05) is 26.0 Å². The van der Waals surface area contributed by atoms with Crippen molar-refractivity contribution in [2.75, 3.05) is 5.75 Å². The molecule has 1 atom stereocenters. The summed E-state index contributed by atoms with van der Waals surface area (Å²) in [6.07, 6.45) is -3.62. The van der Waals surface area contributed by atoms with Gasteiger partial charge in [0.25, 0.3) is 0 Å². The number of alkyl halides is 3. The molecule has 0 amide bonds. The maximum Gasteiger partial charge on any atom is 0.398 e. The van der Waals surface area contributed by atoms with Gasteiger partial charge in [-0.1, -0.05) is 26.0 Å². The van der Waals surface area contributed by atoms with Gasteiger partial charge in [0.05, 0.1) is 5.75 Å². The van der Waals surface area contributed by atoms with E-state index in [2.05, 4.69) is 0 Å². The molecule has 1 saturated carbocycles. The molecule has 0 bridgehead atoms. The van der Waals surface area contributed by atoms with Crippen LogP contribution in [0, 0.1) is 5.41 Å². The minimum absolute atomic E-state index is 0.182. The molecule has 5 heteroatoms. The molecule has 1 nitrogen and oxygen atoms in total. The molecule has 0 radical (unpaired) electrons. The van der Waals surface area contributed by atoms with Crippen LogP contribution in [0.15, 0.2) is 29.2 Å². The van der Waals surface area contributed by atoms with Gasteiger partial charge in [-0.25, -0.2) is 0 Å². The van der Waals surface area contributed by atoms with Gasteiger partial charge in [0.1, 0.15) is 5.78 Å². The predicted octanol–water partition coefficient (Wildman–Crippen LogP) is 4.42. The zero-order chi connectivity index (χ0) is 14.3. The van der Waals surface area contributed by atoms with Crippen LogP contribution in [0.1, 0.15) is 31.7 Å². The van der Waals surface area contributed by atoms with Gasteiger partial charge < -0.3 is 0 Å². The van der Waals surface area contributed by atoms with Crippen molar-refractivity contribution in [2.24, 2.45) is 5.41 Å². The summed E-state index contributed by atoms with van der Waals surface area (Å²) in [4.78, 5) is 12.1. The Hall–Kier alpha value is -0.970. The van der Waals surface area contributed by atoms with Gasteiger partial charge in [-0.15, -0.1) is 11.8 Å². The number of carbonyl (C=O) groups is 1. The highest BCUT2D eigenvalue weighted by atomic mass is 32.2. The van der Waals surface area contributed by atoms with E-state index in [0.717, 1.165) is 17.3 Å². The van der Waals surface area contributed by atoms with Gasteiger partial charge in [-0.2, -0.15) is 13.2 Å². The summed E-state index contributed by atoms with van der Waals surface area (Å²) in [7, 11) is 0. The zero-order valence-electron chi connectivity index (χ0n) is 10.8. The molecule has 0 aromatic heterocycles. The van der Waals surface area contributed by atoms with Gasteiger partial charge in [0.2, 0.25) is 0 Å². The van der Waals surface area contributed by atoms with Crippen LogP contribution in [-0.2, 0) is 4.79 Å². The highest BCUT2D eigenvalue weighted by Gasteiger charge is 2.47. The number of Topliss-reactive ketones (excluding diaryl/α,β-unsaturated/α-hetero) is 1. The number of rotatable bonds is 3. The number of hydrogen-bond acceptors (Lipinski definition) is 2. The third-order valence-corrected chi connectivity index (χ3v) is 4.74. The second-order valence-electron chi connectivity index (χ2n) is 5.37. The van der Waals surface area contributed by atoms with E-state index >= 15 is 0 Å². The highest BCUT2D eigenvalue weighted by Crippen LogP contribution is 2.49. The Balaban J connectivity index is 2.02. The van der Waals surface area contributed by atoms with Crippen molar-refractivity contribution in [1.29, 1.82) is 0 Å². The summed E-state index contributed by atoms with van der Waals surface area (Å²) in [5, 5.41) is 0. The zero-order valence-corrected chi connectivity index (χ0v) is 11.6. The van der Waals surface area contributed by atoms with E-state index < -0.39 is 11.9 Å². The molecule has 0 heterocycles. The second kappa shape index (κ2) is 4.85. The molecule has 1 aromatic carbocycles. The Labute approximate surface area is 114 Å². The van der Waals surface area contributed by atoms with Gasteiger partial charge in [-0.05, 0) is 17.7 Å². The second-order valence-corrected chi connectivity index (χ2v) is 6.42. The van der Waals surface area contributed by atoms with Crippen LogP contribution in [0.4, 0.5) is 13.2 Å². The van der Waals surface area contributed by atoms with E-state index in [1.165, 1.54) is 0 Å². The monoisotopic (exact) mass is 288 g/mol. The molecule has 19 heavy (non-hydrogen) atoms. The lowest BCUT2D eigenvalue weighted by Crippen LogP contribution is -2.43. The molecule has 104 valence electrons. The average molecular weight is 288 g/mol. The van der Waals surface area contributed by atoms with Crippen LogP contribution in [0.5, 0.6) is 0 Å². The summed E-state index contributed by atoms with van der Waals surface area (Å²) in [5.41, 5.74) is 0.682. The number of carbonyl (C=O) groups excluding carboxylic acids is 1. The van der Waals surface area contributed by atoms with Gasteiger partial charge >= 0.3 is 6.18 Å². The normalized spacial score (nSPS) is 22.2. The van der Waals surface area contributed by atoms with E-state index in [0.29, 0.717) is 11.3 Å². The maximum atomic E-state index is 12.1. The SMILES string of the molecule is CC1(C)C(=O)CC1c1ccc(SCC(F)(F)F)cc1. The number of hydrogen-bond donors (Lipinski definition) is 0. The smallest absolute Gasteiger partial charge is 0.299 e. The number of thioether (sulfide) groups is 1. The molecule has 1 aliphatic rings. The lowest BCUT2D eigenvalue weighted by Gasteiger charge is -2.42. The molecule has 0 spiro atoms. The maximum absolute atomic E-state index is 12.1. The van der Waals surface area contributed by atoms with Crippen molar-refractivity contribution >= 4 is 17.5 Å². The van der Waals surface area contributed by atoms with Gasteiger partial charge in [0, 0.05) is 22.6 Å². The molecule has 1 aromatic rings. The first-order valence-corrected chi connectivity index (χ1v) is 7.01. The molecule has 1 fully saturated rings. The van der Waals surface area contributed by atoms with Crippen LogP contribution in [-0.4, -0.2) is 17.7 Å². The van der Waals surface area contributed by atoms with Crippen LogP contribution < -0.4 is 0 Å². The molecule has 1 unspecified atom stereocenters. The predicted molar refractivity (Wildman–Crippen MR) is 69.4 cm³/mol. The van der Waals surface area contributed by atoms with Crippen molar-refractivity contribution in [3.63, 3.8) is 0 Å². The van der Waals surface area contributed by atoms with Crippen molar-refractivity contribution in [3.8, 4) is 0 Å². The van der Waals surface area contributed by atoms with Gasteiger partial charge in [-0.3, -0.25) is 4.79 Å². The first-order chi connectivity index (χ1) is 8.70. The fourth-order valence-corrected chi connectivity index (χ4v) is 2.92. The minimum atomic E-state index is -4.15. The van der Waals surface area contributed by atoms with E-state index in [4.69, 9.17) is 0 Å². The molecule has 0 aliphatic heterocycles. The summed E-state index contributed by atoms with van der Waals surface area (Å²) in [6, 6.07) is 7.06. The van der Waals surface area contributed by atoms with E-state index in [9.17, 15) is 18.0 Å². The third kappa shape index (κ3) is 3.14. The number of ketones is 1. The third-order valence-electron chi connectivity index (χ3n) is 3.66. The standard InChI is InChI=1S/C14H15F3OS/c1-13(2)11(7-12(13)18)9-3-5-10(6-4-9)19-8-14(15,16)17/h3-6,11H,7-8H2,1-2H3. The Morgan fingerprint density at radius 1 is 1.26 bits per heavy atom. The number of halogens is 3. The summed E-state index contributed by atoms with van der Waals surface area (Å²) in [6.45, 7) is 3.83. The molecular formula is C14H15F3OS.